The molecule has 17 heavy (non-hydrogen) atoms. The minimum atomic E-state index is 0.0243. The van der Waals surface area contributed by atoms with Gasteiger partial charge in [-0.1, -0.05) is 20.8 Å². The third-order valence-electron chi connectivity index (χ3n) is 3.77. The highest BCUT2D eigenvalue weighted by molar-refractivity contribution is 4.90. The molecule has 98 valence electrons. The standard InChI is InChI=1S/C14H27N3/c1-4-16-13(12-15)6-10-17-9-5-7-14(2,3)8-11-17/h13,16H,4-11H2,1-3H3. The van der Waals surface area contributed by atoms with Crippen molar-refractivity contribution in [3.63, 3.8) is 0 Å². The maximum Gasteiger partial charge on any atom is 0.0965 e. The molecule has 0 spiro atoms. The van der Waals surface area contributed by atoms with Crippen LogP contribution in [0.4, 0.5) is 0 Å². The zero-order valence-electron chi connectivity index (χ0n) is 11.6. The zero-order valence-corrected chi connectivity index (χ0v) is 11.6. The summed E-state index contributed by atoms with van der Waals surface area (Å²) in [6, 6.07) is 2.36. The Morgan fingerprint density at radius 3 is 2.76 bits per heavy atom. The van der Waals surface area contributed by atoms with Crippen LogP contribution in [0.5, 0.6) is 0 Å². The quantitative estimate of drug-likeness (QED) is 0.798. The largest absolute Gasteiger partial charge is 0.303 e. The molecule has 3 nitrogen and oxygen atoms in total. The third-order valence-corrected chi connectivity index (χ3v) is 3.77. The molecular weight excluding hydrogens is 210 g/mol. The molecule has 1 fully saturated rings. The Kier molecular flexibility index (Phi) is 5.94. The van der Waals surface area contributed by atoms with Crippen molar-refractivity contribution in [1.82, 2.24) is 10.2 Å². The van der Waals surface area contributed by atoms with Gasteiger partial charge in [-0.15, -0.1) is 0 Å². The molecule has 1 atom stereocenters. The van der Waals surface area contributed by atoms with Gasteiger partial charge >= 0.3 is 0 Å². The predicted molar refractivity (Wildman–Crippen MR) is 71.8 cm³/mol. The van der Waals surface area contributed by atoms with E-state index < -0.39 is 0 Å². The molecule has 1 saturated heterocycles. The number of nitrogens with one attached hydrogen (secondary N) is 1. The first-order valence-corrected chi connectivity index (χ1v) is 6.93. The van der Waals surface area contributed by atoms with Gasteiger partial charge in [-0.3, -0.25) is 0 Å². The van der Waals surface area contributed by atoms with Gasteiger partial charge in [0.15, 0.2) is 0 Å². The van der Waals surface area contributed by atoms with Crippen LogP contribution in [0.15, 0.2) is 0 Å². The van der Waals surface area contributed by atoms with E-state index in [9.17, 15) is 0 Å². The highest BCUT2D eigenvalue weighted by Gasteiger charge is 2.23. The van der Waals surface area contributed by atoms with Crippen LogP contribution in [-0.4, -0.2) is 37.1 Å². The first kappa shape index (κ1) is 14.5. The second-order valence-corrected chi connectivity index (χ2v) is 5.89. The lowest BCUT2D eigenvalue weighted by Gasteiger charge is -2.23. The lowest BCUT2D eigenvalue weighted by atomic mass is 9.85. The Morgan fingerprint density at radius 2 is 2.12 bits per heavy atom. The Balaban J connectivity index is 2.30. The van der Waals surface area contributed by atoms with E-state index in [0.29, 0.717) is 5.41 Å². The maximum absolute atomic E-state index is 8.99. The molecule has 1 unspecified atom stereocenters. The van der Waals surface area contributed by atoms with Crippen molar-refractivity contribution in [1.29, 1.82) is 5.26 Å². The molecule has 1 aliphatic rings. The van der Waals surface area contributed by atoms with Crippen LogP contribution in [0.25, 0.3) is 0 Å². The normalized spacial score (nSPS) is 22.7. The Labute approximate surface area is 106 Å². The monoisotopic (exact) mass is 237 g/mol. The van der Waals surface area contributed by atoms with Crippen molar-refractivity contribution in [2.24, 2.45) is 5.41 Å². The number of nitrogens with zero attached hydrogens (tertiary/aromatic N) is 2. The van der Waals surface area contributed by atoms with Crippen LogP contribution in [0.1, 0.15) is 46.5 Å². The van der Waals surface area contributed by atoms with E-state index in [2.05, 4.69) is 37.1 Å². The SMILES string of the molecule is CCNC(C#N)CCN1CCCC(C)(C)CC1. The third kappa shape index (κ3) is 5.52. The van der Waals surface area contributed by atoms with Gasteiger partial charge in [-0.05, 0) is 50.7 Å². The fourth-order valence-electron chi connectivity index (χ4n) is 2.47. The maximum atomic E-state index is 8.99. The van der Waals surface area contributed by atoms with Crippen LogP contribution < -0.4 is 5.32 Å². The lowest BCUT2D eigenvalue weighted by Crippen LogP contribution is -2.34. The molecule has 0 radical (unpaired) electrons. The Hall–Kier alpha value is -0.590. The summed E-state index contributed by atoms with van der Waals surface area (Å²) in [5.41, 5.74) is 0.505. The first-order valence-electron chi connectivity index (χ1n) is 6.93. The first-order chi connectivity index (χ1) is 8.07. The predicted octanol–water partition coefficient (Wildman–Crippen LogP) is 2.39. The van der Waals surface area contributed by atoms with Crippen LogP contribution in [0.3, 0.4) is 0 Å². The molecule has 0 bridgehead atoms. The Bertz CT molecular complexity index is 255. The molecule has 0 aliphatic carbocycles. The highest BCUT2D eigenvalue weighted by Crippen LogP contribution is 2.29. The summed E-state index contributed by atoms with van der Waals surface area (Å²) in [5.74, 6) is 0. The van der Waals surface area contributed by atoms with Gasteiger partial charge in [0.05, 0.1) is 12.1 Å². The zero-order chi connectivity index (χ0) is 12.7. The lowest BCUT2D eigenvalue weighted by molar-refractivity contribution is 0.255. The molecule has 1 rings (SSSR count). The molecular formula is C14H27N3. The smallest absolute Gasteiger partial charge is 0.0965 e. The summed E-state index contributed by atoms with van der Waals surface area (Å²) in [6.45, 7) is 11.1. The van der Waals surface area contributed by atoms with E-state index in [1.807, 2.05) is 0 Å². The van der Waals surface area contributed by atoms with Crippen molar-refractivity contribution >= 4 is 0 Å². The van der Waals surface area contributed by atoms with Gasteiger partial charge < -0.3 is 10.2 Å². The van der Waals surface area contributed by atoms with Gasteiger partial charge in [-0.25, -0.2) is 0 Å². The summed E-state index contributed by atoms with van der Waals surface area (Å²) in [7, 11) is 0. The Morgan fingerprint density at radius 1 is 1.35 bits per heavy atom. The van der Waals surface area contributed by atoms with E-state index >= 15 is 0 Å². The average Bonchev–Trinajstić information content (AvgIpc) is 2.46. The highest BCUT2D eigenvalue weighted by atomic mass is 15.1. The second kappa shape index (κ2) is 6.98. The van der Waals surface area contributed by atoms with Crippen LogP contribution in [0.2, 0.25) is 0 Å². The second-order valence-electron chi connectivity index (χ2n) is 5.89. The van der Waals surface area contributed by atoms with Gasteiger partial charge in [0.25, 0.3) is 0 Å². The molecule has 1 N–H and O–H groups in total. The fraction of sp³-hybridized carbons (Fsp3) is 0.929. The van der Waals surface area contributed by atoms with Crippen molar-refractivity contribution < 1.29 is 0 Å². The van der Waals surface area contributed by atoms with Crippen LogP contribution >= 0.6 is 0 Å². The summed E-state index contributed by atoms with van der Waals surface area (Å²) in [5, 5.41) is 12.2. The molecule has 0 aromatic carbocycles. The minimum absolute atomic E-state index is 0.0243. The van der Waals surface area contributed by atoms with Gasteiger partial charge in [-0.2, -0.15) is 5.26 Å². The van der Waals surface area contributed by atoms with Crippen molar-refractivity contribution in [2.75, 3.05) is 26.2 Å². The van der Waals surface area contributed by atoms with Crippen LogP contribution in [0, 0.1) is 16.7 Å². The van der Waals surface area contributed by atoms with E-state index in [1.54, 1.807) is 0 Å². The number of rotatable bonds is 5. The molecule has 0 amide bonds. The molecule has 0 saturated carbocycles. The summed E-state index contributed by atoms with van der Waals surface area (Å²) in [6.07, 6.45) is 4.86. The molecule has 0 aromatic rings. The molecule has 1 heterocycles. The molecule has 3 heteroatoms. The number of hydrogen-bond acceptors (Lipinski definition) is 3. The molecule has 0 aromatic heterocycles. The number of likely N-dealkylation sites (tertiary alicyclic amines) is 1. The van der Waals surface area contributed by atoms with E-state index in [-0.39, 0.29) is 6.04 Å². The summed E-state index contributed by atoms with van der Waals surface area (Å²) < 4.78 is 0. The van der Waals surface area contributed by atoms with Gasteiger partial charge in [0, 0.05) is 6.54 Å². The van der Waals surface area contributed by atoms with E-state index in [1.165, 1.54) is 32.4 Å². The topological polar surface area (TPSA) is 39.1 Å². The average molecular weight is 237 g/mol. The fourth-order valence-corrected chi connectivity index (χ4v) is 2.47. The van der Waals surface area contributed by atoms with Crippen molar-refractivity contribution in [3.05, 3.63) is 0 Å². The molecule has 1 aliphatic heterocycles. The summed E-state index contributed by atoms with van der Waals surface area (Å²) >= 11 is 0. The number of nitriles is 1. The number of hydrogen-bond donors (Lipinski definition) is 1. The van der Waals surface area contributed by atoms with Crippen molar-refractivity contribution in [2.45, 2.75) is 52.5 Å². The van der Waals surface area contributed by atoms with Crippen molar-refractivity contribution in [3.8, 4) is 6.07 Å². The van der Waals surface area contributed by atoms with Gasteiger partial charge in [0.1, 0.15) is 0 Å². The summed E-state index contributed by atoms with van der Waals surface area (Å²) in [4.78, 5) is 2.52. The minimum Gasteiger partial charge on any atom is -0.303 e. The van der Waals surface area contributed by atoms with Gasteiger partial charge in [0.2, 0.25) is 0 Å². The van der Waals surface area contributed by atoms with E-state index in [4.69, 9.17) is 5.26 Å². The van der Waals surface area contributed by atoms with Crippen LogP contribution in [-0.2, 0) is 0 Å². The van der Waals surface area contributed by atoms with E-state index in [0.717, 1.165) is 19.5 Å².